The maximum Gasteiger partial charge on any atom is 0.311 e. The molecule has 0 radical (unpaired) electrons. The molecule has 0 aromatic heterocycles. The van der Waals surface area contributed by atoms with Crippen LogP contribution < -0.4 is 5.32 Å². The quantitative estimate of drug-likeness (QED) is 0.865. The van der Waals surface area contributed by atoms with E-state index >= 15 is 0 Å². The molecular formula is C17H21FN2O3. The molecule has 2 fully saturated rings. The Morgan fingerprint density at radius 1 is 1.39 bits per heavy atom. The number of carbonyl (C=O) groups is 2. The number of hydrogen-bond donors (Lipinski definition) is 2. The van der Waals surface area contributed by atoms with Gasteiger partial charge in [0.2, 0.25) is 5.91 Å². The maximum atomic E-state index is 13.5. The number of halogens is 1. The number of carbonyl (C=O) groups excluding carboxylic acids is 1. The van der Waals surface area contributed by atoms with Crippen LogP contribution >= 0.6 is 0 Å². The van der Waals surface area contributed by atoms with Crippen LogP contribution in [0.5, 0.6) is 0 Å². The molecule has 1 saturated carbocycles. The molecule has 6 heteroatoms. The van der Waals surface area contributed by atoms with Crippen LogP contribution in [-0.4, -0.2) is 41.5 Å². The predicted octanol–water partition coefficient (Wildman–Crippen LogP) is 1.63. The third kappa shape index (κ3) is 3.08. The molecule has 0 spiro atoms. The average Bonchev–Trinajstić information content (AvgIpc) is 3.04. The lowest BCUT2D eigenvalue weighted by Crippen LogP contribution is -2.39. The van der Waals surface area contributed by atoms with Crippen molar-refractivity contribution in [1.82, 2.24) is 10.2 Å². The molecule has 0 bridgehead atoms. The van der Waals surface area contributed by atoms with E-state index in [1.54, 1.807) is 18.2 Å². The Bertz CT molecular complexity index is 622. The number of benzene rings is 1. The summed E-state index contributed by atoms with van der Waals surface area (Å²) in [5, 5.41) is 12.2. The number of nitrogens with one attached hydrogen (secondary N) is 1. The number of aliphatic carboxylic acids is 1. The highest BCUT2D eigenvalue weighted by Gasteiger charge is 2.54. The molecule has 1 aliphatic heterocycles. The fourth-order valence-corrected chi connectivity index (χ4v) is 3.96. The largest absolute Gasteiger partial charge is 0.481 e. The molecule has 5 nitrogen and oxygen atoms in total. The van der Waals surface area contributed by atoms with Crippen molar-refractivity contribution in [2.75, 3.05) is 19.6 Å². The second-order valence-electron chi connectivity index (χ2n) is 6.59. The second kappa shape index (κ2) is 6.28. The first-order valence-corrected chi connectivity index (χ1v) is 7.97. The van der Waals surface area contributed by atoms with Crippen LogP contribution in [0.1, 0.15) is 24.8 Å². The van der Waals surface area contributed by atoms with E-state index in [2.05, 4.69) is 5.32 Å². The Kier molecular flexibility index (Phi) is 4.35. The van der Waals surface area contributed by atoms with Gasteiger partial charge in [0.05, 0.1) is 12.0 Å². The standard InChI is InChI=1S/C17H21FN2O3/c18-14-6-2-1-4-12(14)8-19-15(21)10-20-9-13-5-3-7-17(13,11-20)16(22)23/h1-2,4,6,13H,3,5,7-11H2,(H,19,21)(H,22,23)/t13-,17+/m0/s1. The fourth-order valence-electron chi connectivity index (χ4n) is 3.96. The van der Waals surface area contributed by atoms with E-state index in [0.717, 1.165) is 12.8 Å². The van der Waals surface area contributed by atoms with Gasteiger partial charge in [0.1, 0.15) is 5.82 Å². The first-order chi connectivity index (χ1) is 11.0. The normalized spacial score (nSPS) is 26.9. The minimum atomic E-state index is -0.741. The van der Waals surface area contributed by atoms with Gasteiger partial charge in [0, 0.05) is 25.2 Å². The van der Waals surface area contributed by atoms with E-state index in [1.165, 1.54) is 6.07 Å². The van der Waals surface area contributed by atoms with Crippen LogP contribution in [0.3, 0.4) is 0 Å². The lowest BCUT2D eigenvalue weighted by atomic mass is 9.81. The van der Waals surface area contributed by atoms with Gasteiger partial charge < -0.3 is 10.4 Å². The average molecular weight is 320 g/mol. The van der Waals surface area contributed by atoms with Crippen LogP contribution in [0.2, 0.25) is 0 Å². The molecule has 1 heterocycles. The van der Waals surface area contributed by atoms with Crippen LogP contribution in [0.15, 0.2) is 24.3 Å². The van der Waals surface area contributed by atoms with Crippen molar-refractivity contribution in [1.29, 1.82) is 0 Å². The molecule has 2 atom stereocenters. The van der Waals surface area contributed by atoms with E-state index in [9.17, 15) is 19.1 Å². The van der Waals surface area contributed by atoms with E-state index in [0.29, 0.717) is 25.1 Å². The Hall–Kier alpha value is -1.95. The van der Waals surface area contributed by atoms with Crippen molar-refractivity contribution >= 4 is 11.9 Å². The minimum Gasteiger partial charge on any atom is -0.481 e. The Balaban J connectivity index is 1.53. The number of rotatable bonds is 5. The SMILES string of the molecule is O=C(CN1C[C@@H]2CCC[C@@]2(C(=O)O)C1)NCc1ccccc1F. The summed E-state index contributed by atoms with van der Waals surface area (Å²) in [6, 6.07) is 6.33. The number of fused-ring (bicyclic) bond motifs is 1. The molecule has 1 saturated heterocycles. The van der Waals surface area contributed by atoms with Crippen molar-refractivity contribution in [3.8, 4) is 0 Å². The highest BCUT2D eigenvalue weighted by atomic mass is 19.1. The van der Waals surface area contributed by atoms with Gasteiger partial charge >= 0.3 is 5.97 Å². The lowest BCUT2D eigenvalue weighted by molar-refractivity contribution is -0.149. The summed E-state index contributed by atoms with van der Waals surface area (Å²) in [5.74, 6) is -1.14. The number of likely N-dealkylation sites (tertiary alicyclic amines) is 1. The molecule has 2 N–H and O–H groups in total. The molecular weight excluding hydrogens is 299 g/mol. The molecule has 1 amide bonds. The molecule has 2 aliphatic rings. The van der Waals surface area contributed by atoms with Gasteiger partial charge in [-0.1, -0.05) is 24.6 Å². The third-order valence-corrected chi connectivity index (χ3v) is 5.17. The monoisotopic (exact) mass is 320 g/mol. The first-order valence-electron chi connectivity index (χ1n) is 7.97. The topological polar surface area (TPSA) is 69.6 Å². The molecule has 0 unspecified atom stereocenters. The van der Waals surface area contributed by atoms with Gasteiger partial charge in [0.25, 0.3) is 0 Å². The first kappa shape index (κ1) is 15.9. The molecule has 23 heavy (non-hydrogen) atoms. The Labute approximate surface area is 134 Å². The van der Waals surface area contributed by atoms with Crippen LogP contribution in [0.25, 0.3) is 0 Å². The van der Waals surface area contributed by atoms with Crippen molar-refractivity contribution in [2.24, 2.45) is 11.3 Å². The van der Waals surface area contributed by atoms with Crippen LogP contribution in [0.4, 0.5) is 4.39 Å². The summed E-state index contributed by atoms with van der Waals surface area (Å²) in [7, 11) is 0. The van der Waals surface area contributed by atoms with Crippen molar-refractivity contribution in [3.63, 3.8) is 0 Å². The summed E-state index contributed by atoms with van der Waals surface area (Å²) >= 11 is 0. The van der Waals surface area contributed by atoms with Gasteiger partial charge in [-0.15, -0.1) is 0 Å². The zero-order valence-electron chi connectivity index (χ0n) is 12.9. The van der Waals surface area contributed by atoms with E-state index in [4.69, 9.17) is 0 Å². The molecule has 1 aliphatic carbocycles. The van der Waals surface area contributed by atoms with Crippen LogP contribution in [0, 0.1) is 17.2 Å². The van der Waals surface area contributed by atoms with Gasteiger partial charge in [-0.3, -0.25) is 14.5 Å². The molecule has 1 aromatic rings. The maximum absolute atomic E-state index is 13.5. The molecule has 124 valence electrons. The van der Waals surface area contributed by atoms with E-state index < -0.39 is 11.4 Å². The van der Waals surface area contributed by atoms with Gasteiger partial charge in [-0.05, 0) is 24.8 Å². The number of nitrogens with zero attached hydrogens (tertiary/aromatic N) is 1. The second-order valence-corrected chi connectivity index (χ2v) is 6.59. The van der Waals surface area contributed by atoms with Crippen molar-refractivity contribution in [2.45, 2.75) is 25.8 Å². The van der Waals surface area contributed by atoms with E-state index in [1.807, 2.05) is 4.90 Å². The van der Waals surface area contributed by atoms with E-state index in [-0.39, 0.29) is 30.7 Å². The fraction of sp³-hybridized carbons (Fsp3) is 0.529. The zero-order chi connectivity index (χ0) is 16.4. The summed E-state index contributed by atoms with van der Waals surface area (Å²) in [4.78, 5) is 25.6. The zero-order valence-corrected chi connectivity index (χ0v) is 12.9. The number of hydrogen-bond acceptors (Lipinski definition) is 3. The Morgan fingerprint density at radius 3 is 2.87 bits per heavy atom. The van der Waals surface area contributed by atoms with Gasteiger partial charge in [0.15, 0.2) is 0 Å². The molecule has 1 aromatic carbocycles. The number of carboxylic acid groups (broad SMARTS) is 1. The number of carboxylic acids is 1. The summed E-state index contributed by atoms with van der Waals surface area (Å²) in [5.41, 5.74) is -0.229. The van der Waals surface area contributed by atoms with Gasteiger partial charge in [-0.25, -0.2) is 4.39 Å². The number of amides is 1. The van der Waals surface area contributed by atoms with Crippen molar-refractivity contribution < 1.29 is 19.1 Å². The summed E-state index contributed by atoms with van der Waals surface area (Å²) < 4.78 is 13.5. The highest BCUT2D eigenvalue weighted by Crippen LogP contribution is 2.48. The van der Waals surface area contributed by atoms with Gasteiger partial charge in [-0.2, -0.15) is 0 Å². The summed E-state index contributed by atoms with van der Waals surface area (Å²) in [6.45, 7) is 1.40. The highest BCUT2D eigenvalue weighted by molar-refractivity contribution is 5.79. The lowest BCUT2D eigenvalue weighted by Gasteiger charge is -2.23. The summed E-state index contributed by atoms with van der Waals surface area (Å²) in [6.07, 6.45) is 2.56. The van der Waals surface area contributed by atoms with Crippen LogP contribution in [-0.2, 0) is 16.1 Å². The predicted molar refractivity (Wildman–Crippen MR) is 82.1 cm³/mol. The smallest absolute Gasteiger partial charge is 0.311 e. The third-order valence-electron chi connectivity index (χ3n) is 5.17. The Morgan fingerprint density at radius 2 is 2.17 bits per heavy atom. The van der Waals surface area contributed by atoms with Crippen molar-refractivity contribution in [3.05, 3.63) is 35.6 Å². The molecule has 3 rings (SSSR count). The minimum absolute atomic E-state index is 0.138.